The van der Waals surface area contributed by atoms with Gasteiger partial charge in [-0.05, 0) is 31.9 Å². The Morgan fingerprint density at radius 3 is 2.61 bits per heavy atom. The van der Waals surface area contributed by atoms with Crippen molar-refractivity contribution in [3.05, 3.63) is 52.8 Å². The highest BCUT2D eigenvalue weighted by atomic mass is 16.3. The summed E-state index contributed by atoms with van der Waals surface area (Å²) >= 11 is 0. The maximum Gasteiger partial charge on any atom is 0.274 e. The van der Waals surface area contributed by atoms with Gasteiger partial charge in [-0.15, -0.1) is 0 Å². The number of hydrogen-bond donors (Lipinski definition) is 2. The Morgan fingerprint density at radius 1 is 1.30 bits per heavy atom. The molecule has 0 fully saturated rings. The molecule has 0 saturated carbocycles. The number of aromatic amines is 1. The second-order valence-corrected chi connectivity index (χ2v) is 5.80. The van der Waals surface area contributed by atoms with Crippen LogP contribution in [0.2, 0.25) is 0 Å². The number of carbonyl (C=O) groups is 1. The molecule has 1 amide bonds. The predicted octanol–water partition coefficient (Wildman–Crippen LogP) is 2.87. The number of likely N-dealkylation sites (N-methyl/N-ethyl adjacent to an activating group) is 1. The first-order valence-corrected chi connectivity index (χ1v) is 8.13. The lowest BCUT2D eigenvalue weighted by atomic mass is 10.1. The van der Waals surface area contributed by atoms with Crippen LogP contribution in [0.1, 0.15) is 53.7 Å². The van der Waals surface area contributed by atoms with Crippen LogP contribution in [0, 0.1) is 6.92 Å². The van der Waals surface area contributed by atoms with E-state index >= 15 is 0 Å². The van der Waals surface area contributed by atoms with Crippen molar-refractivity contribution >= 4 is 5.91 Å². The lowest BCUT2D eigenvalue weighted by molar-refractivity contribution is 0.0629. The summed E-state index contributed by atoms with van der Waals surface area (Å²) in [4.78, 5) is 14.2. The topological polar surface area (TPSA) is 69.2 Å². The minimum absolute atomic E-state index is 0.155. The summed E-state index contributed by atoms with van der Waals surface area (Å²) < 4.78 is 0. The fourth-order valence-corrected chi connectivity index (χ4v) is 2.49. The number of carbonyl (C=O) groups excluding carboxylic acids is 1. The highest BCUT2D eigenvalue weighted by molar-refractivity contribution is 5.92. The quantitative estimate of drug-likeness (QED) is 0.825. The molecular formula is C18H25N3O2. The van der Waals surface area contributed by atoms with Gasteiger partial charge in [0.25, 0.3) is 5.91 Å². The van der Waals surface area contributed by atoms with Crippen molar-refractivity contribution in [3.63, 3.8) is 0 Å². The molecule has 2 rings (SSSR count). The van der Waals surface area contributed by atoms with Crippen LogP contribution in [0.5, 0.6) is 0 Å². The standard InChI is InChI=1S/C18H25N3O2/c1-4-6-15-11-16(20-19-15)18(23)21(5-2)12-17(22)14-9-7-13(3)8-10-14/h7-11,17,22H,4-6,12H2,1-3H3,(H,19,20). The van der Waals surface area contributed by atoms with E-state index in [2.05, 4.69) is 17.1 Å². The van der Waals surface area contributed by atoms with Crippen molar-refractivity contribution in [2.75, 3.05) is 13.1 Å². The Kier molecular flexibility index (Phi) is 5.93. The molecule has 2 aromatic rings. The molecule has 2 N–H and O–H groups in total. The summed E-state index contributed by atoms with van der Waals surface area (Å²) in [6.45, 7) is 6.77. The third kappa shape index (κ3) is 4.42. The second kappa shape index (κ2) is 7.92. The van der Waals surface area contributed by atoms with E-state index in [0.29, 0.717) is 12.2 Å². The van der Waals surface area contributed by atoms with Crippen molar-refractivity contribution in [3.8, 4) is 0 Å². The molecule has 0 aliphatic heterocycles. The minimum Gasteiger partial charge on any atom is -0.387 e. The Morgan fingerprint density at radius 2 is 2.00 bits per heavy atom. The van der Waals surface area contributed by atoms with Crippen molar-refractivity contribution in [1.82, 2.24) is 15.1 Å². The number of hydrogen-bond acceptors (Lipinski definition) is 3. The van der Waals surface area contributed by atoms with Gasteiger partial charge in [-0.1, -0.05) is 43.2 Å². The Bertz CT molecular complexity index is 634. The van der Waals surface area contributed by atoms with Gasteiger partial charge in [0.1, 0.15) is 5.69 Å². The molecule has 1 heterocycles. The van der Waals surface area contributed by atoms with Crippen LogP contribution in [0.4, 0.5) is 0 Å². The Hall–Kier alpha value is -2.14. The zero-order valence-electron chi connectivity index (χ0n) is 14.0. The Balaban J connectivity index is 2.05. The van der Waals surface area contributed by atoms with Gasteiger partial charge in [-0.3, -0.25) is 9.89 Å². The van der Waals surface area contributed by atoms with E-state index in [1.807, 2.05) is 38.1 Å². The average molecular weight is 315 g/mol. The first-order chi connectivity index (χ1) is 11.0. The molecule has 124 valence electrons. The van der Waals surface area contributed by atoms with Gasteiger partial charge in [0.15, 0.2) is 0 Å². The van der Waals surface area contributed by atoms with Crippen molar-refractivity contribution in [1.29, 1.82) is 0 Å². The smallest absolute Gasteiger partial charge is 0.274 e. The zero-order chi connectivity index (χ0) is 16.8. The molecule has 5 heteroatoms. The first kappa shape index (κ1) is 17.2. The normalized spacial score (nSPS) is 12.2. The number of aryl methyl sites for hydroxylation is 2. The highest BCUT2D eigenvalue weighted by Gasteiger charge is 2.20. The molecule has 0 aliphatic carbocycles. The first-order valence-electron chi connectivity index (χ1n) is 8.13. The van der Waals surface area contributed by atoms with E-state index in [-0.39, 0.29) is 12.5 Å². The van der Waals surface area contributed by atoms with Crippen LogP contribution in [0.3, 0.4) is 0 Å². The number of rotatable bonds is 7. The molecule has 23 heavy (non-hydrogen) atoms. The molecule has 0 aliphatic rings. The van der Waals surface area contributed by atoms with Crippen LogP contribution >= 0.6 is 0 Å². The number of aromatic nitrogens is 2. The monoisotopic (exact) mass is 315 g/mol. The van der Waals surface area contributed by atoms with E-state index < -0.39 is 6.10 Å². The van der Waals surface area contributed by atoms with Gasteiger partial charge in [-0.2, -0.15) is 5.10 Å². The molecule has 1 aromatic heterocycles. The minimum atomic E-state index is -0.700. The van der Waals surface area contributed by atoms with E-state index in [0.717, 1.165) is 29.7 Å². The van der Waals surface area contributed by atoms with Crippen LogP contribution < -0.4 is 0 Å². The van der Waals surface area contributed by atoms with Gasteiger partial charge in [0.2, 0.25) is 0 Å². The SMILES string of the molecule is CCCc1cc(C(=O)N(CC)CC(O)c2ccc(C)cc2)n[nH]1. The lowest BCUT2D eigenvalue weighted by Crippen LogP contribution is -2.34. The summed E-state index contributed by atoms with van der Waals surface area (Å²) in [5.74, 6) is -0.155. The zero-order valence-corrected chi connectivity index (χ0v) is 14.0. The Labute approximate surface area is 137 Å². The van der Waals surface area contributed by atoms with Gasteiger partial charge in [0.05, 0.1) is 12.6 Å². The molecule has 1 unspecified atom stereocenters. The van der Waals surface area contributed by atoms with E-state index in [9.17, 15) is 9.90 Å². The van der Waals surface area contributed by atoms with Crippen LogP contribution in [-0.4, -0.2) is 39.2 Å². The molecule has 0 spiro atoms. The fraction of sp³-hybridized carbons (Fsp3) is 0.444. The van der Waals surface area contributed by atoms with Crippen LogP contribution in [-0.2, 0) is 6.42 Å². The van der Waals surface area contributed by atoms with Crippen molar-refractivity contribution in [2.45, 2.75) is 39.7 Å². The molecular weight excluding hydrogens is 290 g/mol. The number of aliphatic hydroxyl groups is 1. The van der Waals surface area contributed by atoms with Crippen LogP contribution in [0.15, 0.2) is 30.3 Å². The second-order valence-electron chi connectivity index (χ2n) is 5.80. The number of nitrogens with one attached hydrogen (secondary N) is 1. The summed E-state index contributed by atoms with van der Waals surface area (Å²) in [5, 5.41) is 17.4. The molecule has 1 atom stereocenters. The molecule has 1 aromatic carbocycles. The number of aliphatic hydroxyl groups excluding tert-OH is 1. The van der Waals surface area contributed by atoms with Gasteiger partial charge >= 0.3 is 0 Å². The van der Waals surface area contributed by atoms with E-state index in [4.69, 9.17) is 0 Å². The van der Waals surface area contributed by atoms with E-state index in [1.165, 1.54) is 0 Å². The molecule has 5 nitrogen and oxygen atoms in total. The highest BCUT2D eigenvalue weighted by Crippen LogP contribution is 2.16. The fourth-order valence-electron chi connectivity index (χ4n) is 2.49. The molecule has 0 bridgehead atoms. The largest absolute Gasteiger partial charge is 0.387 e. The maximum atomic E-state index is 12.5. The van der Waals surface area contributed by atoms with Gasteiger partial charge in [0, 0.05) is 12.2 Å². The number of benzene rings is 1. The maximum absolute atomic E-state index is 12.5. The average Bonchev–Trinajstić information content (AvgIpc) is 3.01. The number of H-pyrrole nitrogens is 1. The third-order valence-electron chi connectivity index (χ3n) is 3.89. The molecule has 0 saturated heterocycles. The lowest BCUT2D eigenvalue weighted by Gasteiger charge is -2.23. The van der Waals surface area contributed by atoms with Gasteiger partial charge < -0.3 is 10.0 Å². The van der Waals surface area contributed by atoms with Crippen molar-refractivity contribution < 1.29 is 9.90 Å². The van der Waals surface area contributed by atoms with Crippen LogP contribution in [0.25, 0.3) is 0 Å². The predicted molar refractivity (Wildman–Crippen MR) is 90.3 cm³/mol. The summed E-state index contributed by atoms with van der Waals surface area (Å²) in [6, 6.07) is 9.51. The summed E-state index contributed by atoms with van der Waals surface area (Å²) in [6.07, 6.45) is 1.17. The van der Waals surface area contributed by atoms with Crippen molar-refractivity contribution in [2.24, 2.45) is 0 Å². The van der Waals surface area contributed by atoms with E-state index in [1.54, 1.807) is 11.0 Å². The number of amides is 1. The van der Waals surface area contributed by atoms with Gasteiger partial charge in [-0.25, -0.2) is 0 Å². The molecule has 0 radical (unpaired) electrons. The summed E-state index contributed by atoms with van der Waals surface area (Å²) in [5.41, 5.74) is 3.33. The number of nitrogens with zero attached hydrogens (tertiary/aromatic N) is 2. The summed E-state index contributed by atoms with van der Waals surface area (Å²) in [7, 11) is 0. The third-order valence-corrected chi connectivity index (χ3v) is 3.89.